The van der Waals surface area contributed by atoms with Crippen molar-refractivity contribution < 1.29 is 53.8 Å². The van der Waals surface area contributed by atoms with E-state index in [9.17, 15) is 34.8 Å². The number of carbonyl (C=O) groups excluding carboxylic acids is 3. The molecule has 1 fully saturated rings. The predicted molar refractivity (Wildman–Crippen MR) is 155 cm³/mol. The first-order valence-corrected chi connectivity index (χ1v) is 14.1. The summed E-state index contributed by atoms with van der Waals surface area (Å²) in [6.07, 6.45) is -0.996. The Bertz CT molecular complexity index is 1370. The molecule has 1 aromatic rings. The lowest BCUT2D eigenvalue weighted by Gasteiger charge is -2.50. The van der Waals surface area contributed by atoms with Crippen molar-refractivity contribution in [1.82, 2.24) is 9.80 Å². The van der Waals surface area contributed by atoms with Crippen molar-refractivity contribution in [3.05, 3.63) is 45.7 Å². The number of primary amides is 1. The second kappa shape index (κ2) is 12.9. The maximum absolute atomic E-state index is 14.0. The quantitative estimate of drug-likeness (QED) is 0.155. The second-order valence-electron chi connectivity index (χ2n) is 11.6. The summed E-state index contributed by atoms with van der Waals surface area (Å²) in [6.45, 7) is 0.919. The minimum Gasteiger partial charge on any atom is -0.508 e. The number of likely N-dealkylation sites (N-methyl/N-ethyl adjacent to an activating group) is 1. The molecule has 1 aromatic carbocycles. The number of fused-ring (bicyclic) bond motifs is 3. The number of methoxy groups -OCH3 is 4. The first kappa shape index (κ1) is 33.5. The smallest absolute Gasteiger partial charge is 0.255 e. The number of hydrogen-bond acceptors (Lipinski definition) is 13. The van der Waals surface area contributed by atoms with Gasteiger partial charge in [0.1, 0.15) is 22.8 Å². The molecule has 0 aromatic heterocycles. The van der Waals surface area contributed by atoms with Gasteiger partial charge >= 0.3 is 0 Å². The molecule has 44 heavy (non-hydrogen) atoms. The topological polar surface area (TPSA) is 202 Å². The third kappa shape index (κ3) is 5.51. The molecule has 0 radical (unpaired) electrons. The Morgan fingerprint density at radius 2 is 1.59 bits per heavy atom. The van der Waals surface area contributed by atoms with E-state index in [1.165, 1.54) is 39.4 Å². The molecule has 0 spiro atoms. The largest absolute Gasteiger partial charge is 0.508 e. The van der Waals surface area contributed by atoms with Gasteiger partial charge in [0, 0.05) is 46.5 Å². The van der Waals surface area contributed by atoms with Crippen molar-refractivity contribution in [2.75, 3.05) is 55.6 Å². The third-order valence-corrected chi connectivity index (χ3v) is 8.96. The van der Waals surface area contributed by atoms with Crippen LogP contribution in [0.1, 0.15) is 23.1 Å². The van der Waals surface area contributed by atoms with Crippen LogP contribution in [0.4, 0.5) is 0 Å². The monoisotopic (exact) mass is 619 g/mol. The van der Waals surface area contributed by atoms with Crippen molar-refractivity contribution in [1.29, 1.82) is 0 Å². The van der Waals surface area contributed by atoms with Gasteiger partial charge in [-0.3, -0.25) is 24.2 Å². The van der Waals surface area contributed by atoms with Crippen LogP contribution in [-0.4, -0.2) is 128 Å². The number of ketones is 2. The maximum atomic E-state index is 14.0. The number of aliphatic hydroxyl groups excluding tert-OH is 2. The molecule has 14 heteroatoms. The van der Waals surface area contributed by atoms with Gasteiger partial charge in [0.15, 0.2) is 24.0 Å². The van der Waals surface area contributed by atoms with Crippen LogP contribution in [-0.2, 0) is 46.3 Å². The number of aromatic hydroxyl groups is 1. The molecule has 0 heterocycles. The Labute approximate surface area is 255 Å². The fourth-order valence-corrected chi connectivity index (χ4v) is 6.81. The van der Waals surface area contributed by atoms with Gasteiger partial charge in [-0.15, -0.1) is 0 Å². The first-order chi connectivity index (χ1) is 20.8. The Morgan fingerprint density at radius 1 is 1.02 bits per heavy atom. The van der Waals surface area contributed by atoms with Gasteiger partial charge in [0.2, 0.25) is 5.78 Å². The highest BCUT2D eigenvalue weighted by Gasteiger charge is 2.64. The molecule has 242 valence electrons. The van der Waals surface area contributed by atoms with Crippen LogP contribution in [0.15, 0.2) is 29.0 Å². The van der Waals surface area contributed by atoms with E-state index in [1.54, 1.807) is 20.2 Å². The molecule has 14 nitrogen and oxygen atoms in total. The summed E-state index contributed by atoms with van der Waals surface area (Å²) >= 11 is 0. The number of nitrogens with two attached hydrogens (primary N) is 1. The summed E-state index contributed by atoms with van der Waals surface area (Å²) in [6, 6.07) is 1.95. The van der Waals surface area contributed by atoms with E-state index < -0.39 is 70.6 Å². The maximum Gasteiger partial charge on any atom is 0.255 e. The van der Waals surface area contributed by atoms with E-state index in [4.69, 9.17) is 24.7 Å². The summed E-state index contributed by atoms with van der Waals surface area (Å²) in [5, 5.41) is 45.2. The van der Waals surface area contributed by atoms with Crippen LogP contribution < -0.4 is 5.73 Å². The fourth-order valence-electron chi connectivity index (χ4n) is 6.81. The number of amides is 1. The molecular weight excluding hydrogens is 578 g/mol. The van der Waals surface area contributed by atoms with Crippen LogP contribution in [0.2, 0.25) is 0 Å². The summed E-state index contributed by atoms with van der Waals surface area (Å²) < 4.78 is 21.6. The van der Waals surface area contributed by atoms with Gasteiger partial charge in [-0.25, -0.2) is 0 Å². The summed E-state index contributed by atoms with van der Waals surface area (Å²) in [4.78, 5) is 43.0. The van der Waals surface area contributed by atoms with Crippen molar-refractivity contribution in [3.8, 4) is 5.75 Å². The van der Waals surface area contributed by atoms with Crippen LogP contribution in [0, 0.1) is 11.8 Å². The molecule has 0 bridgehead atoms. The number of Topliss-reactive ketones (excluding diaryl/α,β-unsaturated/α-hetero) is 2. The number of rotatable bonds is 12. The summed E-state index contributed by atoms with van der Waals surface area (Å²) in [5.41, 5.74) is 2.93. The summed E-state index contributed by atoms with van der Waals surface area (Å²) in [7, 11) is 9.17. The second-order valence-corrected chi connectivity index (χ2v) is 11.6. The lowest BCUT2D eigenvalue weighted by molar-refractivity contribution is -0.153. The lowest BCUT2D eigenvalue weighted by Crippen LogP contribution is -2.65. The molecule has 0 aliphatic heterocycles. The van der Waals surface area contributed by atoms with Crippen molar-refractivity contribution in [2.24, 2.45) is 17.6 Å². The van der Waals surface area contributed by atoms with Crippen LogP contribution >= 0.6 is 0 Å². The van der Waals surface area contributed by atoms with Gasteiger partial charge in [-0.05, 0) is 50.0 Å². The Morgan fingerprint density at radius 3 is 2.09 bits per heavy atom. The van der Waals surface area contributed by atoms with Gasteiger partial charge in [-0.2, -0.15) is 0 Å². The minimum absolute atomic E-state index is 0.00454. The standard InChI is InChI=1S/C30H41N3O11/c1-32(2)24-17-10-15-9-16-14(11-33(12-19(41-3)42-4)13-20(43-5)44-6)7-8-18(34)22(16)25(35)21(15)27(37)30(17,40)28(38)23(26(24)36)29(31)39/h7-8,15,17,19-20,24,34-35,38,40H,9-13H2,1-6H3,(H2,31,39)/t15-,17-,24-,30-/m1/s1. The predicted octanol–water partition coefficient (Wildman–Crippen LogP) is 0.00380. The molecule has 4 rings (SSSR count). The zero-order valence-corrected chi connectivity index (χ0v) is 25.7. The van der Waals surface area contributed by atoms with Gasteiger partial charge in [0.05, 0.1) is 24.7 Å². The number of benzene rings is 1. The van der Waals surface area contributed by atoms with E-state index in [-0.39, 0.29) is 36.3 Å². The van der Waals surface area contributed by atoms with Gasteiger partial charge in [0.25, 0.3) is 5.91 Å². The minimum atomic E-state index is -2.70. The summed E-state index contributed by atoms with van der Waals surface area (Å²) in [5.74, 6) is -6.97. The number of phenolic OH excluding ortho intramolecular Hbond substituents is 1. The first-order valence-electron chi connectivity index (χ1n) is 14.1. The number of ether oxygens (including phenoxy) is 4. The number of hydrogen-bond donors (Lipinski definition) is 5. The molecule has 3 aliphatic rings. The molecule has 0 unspecified atom stereocenters. The average molecular weight is 620 g/mol. The third-order valence-electron chi connectivity index (χ3n) is 8.96. The van der Waals surface area contributed by atoms with Crippen LogP contribution in [0.25, 0.3) is 5.76 Å². The molecule has 1 amide bonds. The highest BCUT2D eigenvalue weighted by atomic mass is 16.7. The van der Waals surface area contributed by atoms with E-state index in [0.717, 1.165) is 5.56 Å². The number of nitrogens with zero attached hydrogens (tertiary/aromatic N) is 2. The van der Waals surface area contributed by atoms with Gasteiger partial charge < -0.3 is 45.1 Å². The lowest BCUT2D eigenvalue weighted by atomic mass is 9.57. The molecule has 4 atom stereocenters. The average Bonchev–Trinajstić information content (AvgIpc) is 2.97. The number of aliphatic hydroxyl groups is 3. The highest BCUT2D eigenvalue weighted by molar-refractivity contribution is 6.24. The Kier molecular flexibility index (Phi) is 9.85. The molecule has 3 aliphatic carbocycles. The normalized spacial score (nSPS) is 25.3. The molecule has 1 saturated carbocycles. The zero-order valence-electron chi connectivity index (χ0n) is 25.7. The van der Waals surface area contributed by atoms with Gasteiger partial charge in [-0.1, -0.05) is 6.07 Å². The number of carbonyl (C=O) groups is 3. The van der Waals surface area contributed by atoms with Crippen molar-refractivity contribution in [2.45, 2.75) is 43.6 Å². The van der Waals surface area contributed by atoms with E-state index in [1.807, 2.05) is 4.90 Å². The molecule has 6 N–H and O–H groups in total. The fraction of sp³-hybridized carbons (Fsp3) is 0.567. The van der Waals surface area contributed by atoms with Crippen LogP contribution in [0.5, 0.6) is 5.75 Å². The molecular formula is C30H41N3O11. The van der Waals surface area contributed by atoms with E-state index in [0.29, 0.717) is 18.7 Å². The van der Waals surface area contributed by atoms with Crippen molar-refractivity contribution >= 4 is 23.2 Å². The highest BCUT2D eigenvalue weighted by Crippen LogP contribution is 2.53. The molecule has 0 saturated heterocycles. The SMILES string of the molecule is COC(CN(Cc1ccc(O)c2c1C[C@@H]1C[C@@H]3[C@@H](N(C)C)C(=O)C(C(N)=O)=C(O)[C@]3(O)C(=O)C1=C2O)CC(OC)OC)OC. The Balaban J connectivity index is 1.83. The zero-order chi connectivity index (χ0) is 32.7. The van der Waals surface area contributed by atoms with Crippen molar-refractivity contribution in [3.63, 3.8) is 0 Å². The van der Waals surface area contributed by atoms with Crippen LogP contribution in [0.3, 0.4) is 0 Å². The van der Waals surface area contributed by atoms with E-state index in [2.05, 4.69) is 0 Å². The Hall–Kier alpha value is -3.37. The van der Waals surface area contributed by atoms with E-state index >= 15 is 0 Å². The number of phenols is 1.